The van der Waals surface area contributed by atoms with Crippen LogP contribution in [0.4, 0.5) is 5.69 Å². The lowest BCUT2D eigenvalue weighted by Crippen LogP contribution is -2.16. The average molecular weight is 275 g/mol. The van der Waals surface area contributed by atoms with Gasteiger partial charge in [-0.2, -0.15) is 0 Å². The van der Waals surface area contributed by atoms with Crippen LogP contribution < -0.4 is 10.6 Å². The first-order valence-corrected chi connectivity index (χ1v) is 7.12. The van der Waals surface area contributed by atoms with E-state index in [1.807, 2.05) is 29.8 Å². The Balaban J connectivity index is 1.72. The number of aromatic nitrogens is 1. The molecule has 2 rings (SSSR count). The van der Waals surface area contributed by atoms with Crippen LogP contribution in [0, 0.1) is 0 Å². The number of carbonyl (C=O) groups excluding carboxylic acids is 1. The summed E-state index contributed by atoms with van der Waals surface area (Å²) < 4.78 is 0. The van der Waals surface area contributed by atoms with Gasteiger partial charge in [0.2, 0.25) is 5.91 Å². The largest absolute Gasteiger partial charge is 0.326 e. The van der Waals surface area contributed by atoms with E-state index in [9.17, 15) is 4.79 Å². The molecule has 2 aromatic rings. The molecule has 1 aromatic carbocycles. The van der Waals surface area contributed by atoms with Crippen molar-refractivity contribution in [2.24, 2.45) is 0 Å². The Bertz CT molecular complexity index is 508. The zero-order valence-corrected chi connectivity index (χ0v) is 11.7. The maximum atomic E-state index is 10.9. The number of thiazole rings is 1. The first-order valence-electron chi connectivity index (χ1n) is 6.18. The number of hydrogen-bond acceptors (Lipinski definition) is 4. The lowest BCUT2D eigenvalue weighted by Gasteiger charge is -2.06. The molecule has 0 spiro atoms. The molecule has 1 aromatic heterocycles. The minimum absolute atomic E-state index is 0.0471. The van der Waals surface area contributed by atoms with E-state index >= 15 is 0 Å². The van der Waals surface area contributed by atoms with E-state index in [2.05, 4.69) is 21.0 Å². The summed E-state index contributed by atoms with van der Waals surface area (Å²) in [6, 6.07) is 7.86. The average Bonchev–Trinajstić information content (AvgIpc) is 2.89. The summed E-state index contributed by atoms with van der Waals surface area (Å²) in [6.45, 7) is 3.25. The third-order valence-corrected chi connectivity index (χ3v) is 3.28. The number of nitrogens with zero attached hydrogens (tertiary/aromatic N) is 1. The molecular weight excluding hydrogens is 258 g/mol. The molecule has 100 valence electrons. The third-order valence-electron chi connectivity index (χ3n) is 2.64. The van der Waals surface area contributed by atoms with E-state index in [1.165, 1.54) is 12.5 Å². The van der Waals surface area contributed by atoms with Gasteiger partial charge < -0.3 is 10.6 Å². The molecule has 0 bridgehead atoms. The maximum absolute atomic E-state index is 10.9. The Morgan fingerprint density at radius 2 is 2.11 bits per heavy atom. The molecule has 0 saturated heterocycles. The fraction of sp³-hybridized carbons (Fsp3) is 0.286. The SMILES string of the molecule is CC(=O)Nc1ccc(CNCCc2cscn2)cc1. The van der Waals surface area contributed by atoms with Crippen LogP contribution in [0.1, 0.15) is 18.2 Å². The smallest absolute Gasteiger partial charge is 0.221 e. The first kappa shape index (κ1) is 13.7. The van der Waals surface area contributed by atoms with Crippen LogP contribution in [-0.4, -0.2) is 17.4 Å². The fourth-order valence-electron chi connectivity index (χ4n) is 1.72. The summed E-state index contributed by atoms with van der Waals surface area (Å²) in [6.07, 6.45) is 0.952. The molecule has 0 aliphatic rings. The maximum Gasteiger partial charge on any atom is 0.221 e. The summed E-state index contributed by atoms with van der Waals surface area (Å²) in [7, 11) is 0. The molecule has 0 fully saturated rings. The van der Waals surface area contributed by atoms with Crippen molar-refractivity contribution in [2.75, 3.05) is 11.9 Å². The molecule has 0 unspecified atom stereocenters. The van der Waals surface area contributed by atoms with E-state index in [0.717, 1.165) is 30.9 Å². The summed E-state index contributed by atoms with van der Waals surface area (Å²) in [5.74, 6) is -0.0471. The minimum atomic E-state index is -0.0471. The molecule has 1 heterocycles. The Labute approximate surface area is 116 Å². The lowest BCUT2D eigenvalue weighted by molar-refractivity contribution is -0.114. The topological polar surface area (TPSA) is 54.0 Å². The molecule has 0 aliphatic carbocycles. The van der Waals surface area contributed by atoms with Gasteiger partial charge in [-0.25, -0.2) is 4.98 Å². The molecular formula is C14H17N3OS. The van der Waals surface area contributed by atoms with E-state index in [-0.39, 0.29) is 5.91 Å². The van der Waals surface area contributed by atoms with Gasteiger partial charge in [-0.3, -0.25) is 4.79 Å². The Hall–Kier alpha value is -1.72. The summed E-state index contributed by atoms with van der Waals surface area (Å²) in [4.78, 5) is 15.1. The van der Waals surface area contributed by atoms with Crippen molar-refractivity contribution in [1.82, 2.24) is 10.3 Å². The normalized spacial score (nSPS) is 10.4. The van der Waals surface area contributed by atoms with Gasteiger partial charge in [-0.1, -0.05) is 12.1 Å². The standard InChI is InChI=1S/C14H17N3OS/c1-11(18)17-13-4-2-12(3-5-13)8-15-7-6-14-9-19-10-16-14/h2-5,9-10,15H,6-8H2,1H3,(H,17,18). The van der Waals surface area contributed by atoms with Crippen molar-refractivity contribution in [2.45, 2.75) is 19.9 Å². The zero-order valence-electron chi connectivity index (χ0n) is 10.8. The second-order valence-electron chi connectivity index (χ2n) is 4.28. The van der Waals surface area contributed by atoms with Gasteiger partial charge in [0.1, 0.15) is 0 Å². The minimum Gasteiger partial charge on any atom is -0.326 e. The van der Waals surface area contributed by atoms with Gasteiger partial charge in [0.25, 0.3) is 0 Å². The molecule has 4 nitrogen and oxygen atoms in total. The van der Waals surface area contributed by atoms with Crippen molar-refractivity contribution in [3.05, 3.63) is 46.4 Å². The molecule has 0 radical (unpaired) electrons. The summed E-state index contributed by atoms with van der Waals surface area (Å²) in [5, 5.41) is 8.20. The van der Waals surface area contributed by atoms with E-state index < -0.39 is 0 Å². The quantitative estimate of drug-likeness (QED) is 0.796. The molecule has 19 heavy (non-hydrogen) atoms. The lowest BCUT2D eigenvalue weighted by atomic mass is 10.2. The molecule has 1 amide bonds. The van der Waals surface area contributed by atoms with Gasteiger partial charge >= 0.3 is 0 Å². The number of rotatable bonds is 6. The van der Waals surface area contributed by atoms with Crippen LogP contribution in [0.3, 0.4) is 0 Å². The number of hydrogen-bond donors (Lipinski definition) is 2. The summed E-state index contributed by atoms with van der Waals surface area (Å²) >= 11 is 1.63. The second kappa shape index (κ2) is 7.01. The van der Waals surface area contributed by atoms with Crippen LogP contribution in [0.25, 0.3) is 0 Å². The van der Waals surface area contributed by atoms with E-state index in [4.69, 9.17) is 0 Å². The highest BCUT2D eigenvalue weighted by Crippen LogP contribution is 2.09. The fourth-order valence-corrected chi connectivity index (χ4v) is 2.31. The predicted molar refractivity (Wildman–Crippen MR) is 78.3 cm³/mol. The first-order chi connectivity index (χ1) is 9.24. The highest BCUT2D eigenvalue weighted by molar-refractivity contribution is 7.07. The number of carbonyl (C=O) groups is 1. The number of amides is 1. The Kier molecular flexibility index (Phi) is 5.06. The third kappa shape index (κ3) is 4.81. The Morgan fingerprint density at radius 1 is 1.32 bits per heavy atom. The van der Waals surface area contributed by atoms with Crippen molar-refractivity contribution in [3.8, 4) is 0 Å². The monoisotopic (exact) mass is 275 g/mol. The second-order valence-corrected chi connectivity index (χ2v) is 5.00. The van der Waals surface area contributed by atoms with Crippen LogP contribution >= 0.6 is 11.3 Å². The van der Waals surface area contributed by atoms with Gasteiger partial charge in [0.15, 0.2) is 0 Å². The predicted octanol–water partition coefficient (Wildman–Crippen LogP) is 2.43. The van der Waals surface area contributed by atoms with E-state index in [1.54, 1.807) is 11.3 Å². The molecule has 2 N–H and O–H groups in total. The highest BCUT2D eigenvalue weighted by Gasteiger charge is 1.97. The number of nitrogens with one attached hydrogen (secondary N) is 2. The molecule has 0 atom stereocenters. The highest BCUT2D eigenvalue weighted by atomic mass is 32.1. The van der Waals surface area contributed by atoms with Crippen molar-refractivity contribution in [3.63, 3.8) is 0 Å². The van der Waals surface area contributed by atoms with Gasteiger partial charge in [-0.15, -0.1) is 11.3 Å². The van der Waals surface area contributed by atoms with Gasteiger partial charge in [0.05, 0.1) is 11.2 Å². The zero-order chi connectivity index (χ0) is 13.5. The van der Waals surface area contributed by atoms with Gasteiger partial charge in [0, 0.05) is 37.5 Å². The van der Waals surface area contributed by atoms with Gasteiger partial charge in [-0.05, 0) is 17.7 Å². The molecule has 5 heteroatoms. The number of benzene rings is 1. The van der Waals surface area contributed by atoms with E-state index in [0.29, 0.717) is 0 Å². The van der Waals surface area contributed by atoms with Crippen molar-refractivity contribution < 1.29 is 4.79 Å². The Morgan fingerprint density at radius 3 is 2.74 bits per heavy atom. The van der Waals surface area contributed by atoms with Crippen LogP contribution in [0.2, 0.25) is 0 Å². The van der Waals surface area contributed by atoms with Crippen molar-refractivity contribution >= 4 is 22.9 Å². The summed E-state index contributed by atoms with van der Waals surface area (Å²) in [5.41, 5.74) is 5.03. The van der Waals surface area contributed by atoms with Crippen LogP contribution in [0.5, 0.6) is 0 Å². The molecule has 0 saturated carbocycles. The van der Waals surface area contributed by atoms with Crippen LogP contribution in [0.15, 0.2) is 35.2 Å². The van der Waals surface area contributed by atoms with Crippen LogP contribution in [-0.2, 0) is 17.8 Å². The number of anilines is 1. The molecule has 0 aliphatic heterocycles. The van der Waals surface area contributed by atoms with Crippen molar-refractivity contribution in [1.29, 1.82) is 0 Å².